The van der Waals surface area contributed by atoms with Gasteiger partial charge in [0.15, 0.2) is 16.7 Å². The van der Waals surface area contributed by atoms with Gasteiger partial charge in [-0.25, -0.2) is 4.39 Å². The number of carbonyl (C=O) groups is 1. The van der Waals surface area contributed by atoms with Crippen LogP contribution in [0.1, 0.15) is 0 Å². The molecular weight excluding hydrogens is 345 g/mol. The zero-order valence-corrected chi connectivity index (χ0v) is 13.0. The molecule has 9 heteroatoms. The number of carboxylic acids is 1. The number of nitrogens with zero attached hydrogens (tertiary/aromatic N) is 2. The zero-order chi connectivity index (χ0) is 16.4. The first-order valence-electron chi connectivity index (χ1n) is 6.36. The maximum atomic E-state index is 13.2. The van der Waals surface area contributed by atoms with Crippen LogP contribution in [-0.4, -0.2) is 32.0 Å². The number of aromatic nitrogens is 3. The van der Waals surface area contributed by atoms with Crippen molar-refractivity contribution >= 4 is 29.3 Å². The van der Waals surface area contributed by atoms with Gasteiger partial charge in [0, 0.05) is 5.56 Å². The molecule has 3 rings (SSSR count). The lowest BCUT2D eigenvalue weighted by Gasteiger charge is -1.99. The van der Waals surface area contributed by atoms with Gasteiger partial charge in [0.1, 0.15) is 11.6 Å². The fourth-order valence-corrected chi connectivity index (χ4v) is 2.53. The molecule has 0 fully saturated rings. The molecule has 0 radical (unpaired) electrons. The topological polar surface area (TPSA) is 92.0 Å². The molecule has 6 nitrogen and oxygen atoms in total. The first kappa shape index (κ1) is 15.6. The molecule has 0 saturated heterocycles. The van der Waals surface area contributed by atoms with E-state index >= 15 is 0 Å². The molecule has 3 aromatic rings. The van der Waals surface area contributed by atoms with E-state index in [1.165, 1.54) is 12.1 Å². The summed E-state index contributed by atoms with van der Waals surface area (Å²) in [6.45, 7) is 0. The summed E-state index contributed by atoms with van der Waals surface area (Å²) in [7, 11) is 0. The van der Waals surface area contributed by atoms with Crippen LogP contribution in [0.3, 0.4) is 0 Å². The molecule has 0 atom stereocenters. The van der Waals surface area contributed by atoms with Gasteiger partial charge in [0.25, 0.3) is 0 Å². The van der Waals surface area contributed by atoms with E-state index in [9.17, 15) is 9.18 Å². The van der Waals surface area contributed by atoms with Gasteiger partial charge >= 0.3 is 5.97 Å². The average Bonchev–Trinajstić information content (AvgIpc) is 3.16. The number of hydrogen-bond acceptors (Lipinski definition) is 5. The van der Waals surface area contributed by atoms with Gasteiger partial charge < -0.3 is 14.5 Å². The van der Waals surface area contributed by atoms with Crippen molar-refractivity contribution in [2.75, 3.05) is 5.75 Å². The van der Waals surface area contributed by atoms with Gasteiger partial charge in [-0.15, -0.1) is 10.2 Å². The van der Waals surface area contributed by atoms with Crippen LogP contribution in [0.25, 0.3) is 22.9 Å². The molecule has 2 aromatic heterocycles. The van der Waals surface area contributed by atoms with E-state index < -0.39 is 11.8 Å². The average molecular weight is 354 g/mol. The number of halogens is 2. The molecule has 0 aliphatic carbocycles. The molecule has 0 aliphatic heterocycles. The molecule has 0 bridgehead atoms. The maximum Gasteiger partial charge on any atom is 0.313 e. The number of carboxylic acid groups (broad SMARTS) is 1. The van der Waals surface area contributed by atoms with Gasteiger partial charge in [0.2, 0.25) is 0 Å². The summed E-state index contributed by atoms with van der Waals surface area (Å²) in [5.74, 6) is -0.268. The van der Waals surface area contributed by atoms with E-state index in [1.54, 1.807) is 18.2 Å². The Labute approximate surface area is 138 Å². The number of aromatic amines is 1. The number of aliphatic carboxylic acids is 1. The Kier molecular flexibility index (Phi) is 4.35. The summed E-state index contributed by atoms with van der Waals surface area (Å²) in [4.78, 5) is 13.4. The summed E-state index contributed by atoms with van der Waals surface area (Å²) >= 11 is 6.78. The Bertz CT molecular complexity index is 865. The van der Waals surface area contributed by atoms with Crippen molar-refractivity contribution in [2.24, 2.45) is 0 Å². The highest BCUT2D eigenvalue weighted by molar-refractivity contribution is 7.99. The van der Waals surface area contributed by atoms with Crippen molar-refractivity contribution in [3.63, 3.8) is 0 Å². The van der Waals surface area contributed by atoms with Gasteiger partial charge in [-0.2, -0.15) is 0 Å². The van der Waals surface area contributed by atoms with Crippen LogP contribution in [-0.2, 0) is 4.79 Å². The number of rotatable bonds is 5. The predicted octanol–water partition coefficient (Wildman–Crippen LogP) is 3.70. The Hall–Kier alpha value is -2.32. The second-order valence-corrected chi connectivity index (χ2v) is 5.83. The summed E-state index contributed by atoms with van der Waals surface area (Å²) in [6.07, 6.45) is 0. The van der Waals surface area contributed by atoms with Crippen LogP contribution >= 0.6 is 23.4 Å². The van der Waals surface area contributed by atoms with Gasteiger partial charge in [-0.3, -0.25) is 4.79 Å². The third kappa shape index (κ3) is 3.54. The number of hydrogen-bond donors (Lipinski definition) is 2. The highest BCUT2D eigenvalue weighted by Crippen LogP contribution is 2.29. The number of furan rings is 1. The van der Waals surface area contributed by atoms with E-state index in [2.05, 4.69) is 15.2 Å². The minimum absolute atomic E-state index is 0.00692. The minimum atomic E-state index is -0.943. The Morgan fingerprint density at radius 3 is 2.83 bits per heavy atom. The monoisotopic (exact) mass is 353 g/mol. The van der Waals surface area contributed by atoms with E-state index in [-0.39, 0.29) is 10.8 Å². The third-order valence-corrected chi connectivity index (χ3v) is 3.98. The van der Waals surface area contributed by atoms with Crippen LogP contribution in [0, 0.1) is 5.82 Å². The van der Waals surface area contributed by atoms with Crippen LogP contribution in [0.4, 0.5) is 4.39 Å². The van der Waals surface area contributed by atoms with Crippen molar-refractivity contribution in [1.82, 2.24) is 15.2 Å². The van der Waals surface area contributed by atoms with E-state index in [0.717, 1.165) is 11.8 Å². The van der Waals surface area contributed by atoms with Crippen LogP contribution in [0.5, 0.6) is 0 Å². The molecule has 0 unspecified atom stereocenters. The largest absolute Gasteiger partial charge is 0.481 e. The van der Waals surface area contributed by atoms with Gasteiger partial charge in [-0.05, 0) is 30.3 Å². The molecule has 0 spiro atoms. The van der Waals surface area contributed by atoms with Crippen molar-refractivity contribution in [2.45, 2.75) is 5.16 Å². The van der Waals surface area contributed by atoms with Gasteiger partial charge in [0.05, 0.1) is 10.8 Å². The lowest BCUT2D eigenvalue weighted by atomic mass is 10.2. The lowest BCUT2D eigenvalue weighted by molar-refractivity contribution is -0.133. The zero-order valence-electron chi connectivity index (χ0n) is 11.4. The molecule has 2 heterocycles. The molecule has 0 amide bonds. The van der Waals surface area contributed by atoms with Crippen molar-refractivity contribution in [3.8, 4) is 22.9 Å². The molecule has 23 heavy (non-hydrogen) atoms. The fraction of sp³-hybridized carbons (Fsp3) is 0.0714. The second-order valence-electron chi connectivity index (χ2n) is 4.45. The first-order valence-corrected chi connectivity index (χ1v) is 7.72. The van der Waals surface area contributed by atoms with Gasteiger partial charge in [-0.1, -0.05) is 23.4 Å². The van der Waals surface area contributed by atoms with Crippen molar-refractivity contribution in [3.05, 3.63) is 41.2 Å². The first-order chi connectivity index (χ1) is 11.0. The predicted molar refractivity (Wildman–Crippen MR) is 82.8 cm³/mol. The van der Waals surface area contributed by atoms with E-state index in [1.807, 2.05) is 0 Å². The third-order valence-electron chi connectivity index (χ3n) is 2.84. The Morgan fingerprint density at radius 1 is 1.30 bits per heavy atom. The maximum absolute atomic E-state index is 13.2. The second kappa shape index (κ2) is 6.43. The lowest BCUT2D eigenvalue weighted by Crippen LogP contribution is -1.97. The molecule has 1 aromatic carbocycles. The number of H-pyrrole nitrogens is 1. The van der Waals surface area contributed by atoms with Crippen LogP contribution < -0.4 is 0 Å². The number of thioether (sulfide) groups is 1. The normalized spacial score (nSPS) is 10.9. The smallest absolute Gasteiger partial charge is 0.313 e. The highest BCUT2D eigenvalue weighted by atomic mass is 35.5. The van der Waals surface area contributed by atoms with E-state index in [4.69, 9.17) is 21.1 Å². The Balaban J connectivity index is 1.81. The molecule has 2 N–H and O–H groups in total. The Morgan fingerprint density at radius 2 is 2.09 bits per heavy atom. The summed E-state index contributed by atoms with van der Waals surface area (Å²) in [6, 6.07) is 7.66. The molecule has 0 saturated carbocycles. The standard InChI is InChI=1S/C14H9ClFN3O3S/c15-8-5-7(1-2-9(8)16)10-3-4-11(22-10)13-17-14(19-18-13)23-6-12(20)21/h1-5H,6H2,(H,20,21)(H,17,18,19). The summed E-state index contributed by atoms with van der Waals surface area (Å²) in [5.41, 5.74) is 0.627. The minimum Gasteiger partial charge on any atom is -0.481 e. The van der Waals surface area contributed by atoms with E-state index in [0.29, 0.717) is 28.1 Å². The van der Waals surface area contributed by atoms with Crippen molar-refractivity contribution in [1.29, 1.82) is 0 Å². The van der Waals surface area contributed by atoms with Crippen LogP contribution in [0.15, 0.2) is 39.9 Å². The fourth-order valence-electron chi connectivity index (χ4n) is 1.82. The van der Waals surface area contributed by atoms with Crippen LogP contribution in [0.2, 0.25) is 5.02 Å². The SMILES string of the molecule is O=C(O)CSc1nnc(-c2ccc(-c3ccc(F)c(Cl)c3)o2)[nH]1. The summed E-state index contributed by atoms with van der Waals surface area (Å²) < 4.78 is 18.8. The van der Waals surface area contributed by atoms with Crippen molar-refractivity contribution < 1.29 is 18.7 Å². The molecule has 118 valence electrons. The summed E-state index contributed by atoms with van der Waals surface area (Å²) in [5, 5.41) is 16.8. The number of nitrogens with one attached hydrogen (secondary N) is 1. The highest BCUT2D eigenvalue weighted by Gasteiger charge is 2.13. The molecular formula is C14H9ClFN3O3S. The number of benzene rings is 1. The molecule has 0 aliphatic rings. The quantitative estimate of drug-likeness (QED) is 0.679.